The molecule has 0 aliphatic carbocycles. The highest BCUT2D eigenvalue weighted by molar-refractivity contribution is 7.17. The Bertz CT molecular complexity index is 480. The highest BCUT2D eigenvalue weighted by Gasteiger charge is 2.22. The van der Waals surface area contributed by atoms with E-state index < -0.39 is 0 Å². The van der Waals surface area contributed by atoms with Crippen molar-refractivity contribution in [3.05, 3.63) is 17.0 Å². The van der Waals surface area contributed by atoms with Crippen LogP contribution in [0.5, 0.6) is 0 Å². The maximum atomic E-state index is 11.7. The van der Waals surface area contributed by atoms with E-state index in [2.05, 4.69) is 4.90 Å². The number of hydrogen-bond donors (Lipinski definition) is 0. The molecule has 0 radical (unpaired) electrons. The van der Waals surface area contributed by atoms with E-state index in [-0.39, 0.29) is 18.5 Å². The van der Waals surface area contributed by atoms with Gasteiger partial charge in [-0.2, -0.15) is 0 Å². The first kappa shape index (κ1) is 14.8. The summed E-state index contributed by atoms with van der Waals surface area (Å²) < 4.78 is 9.55. The minimum Gasteiger partial charge on any atom is -0.465 e. The van der Waals surface area contributed by atoms with Crippen LogP contribution < -0.4 is 4.90 Å². The van der Waals surface area contributed by atoms with Crippen molar-refractivity contribution in [1.82, 2.24) is 4.90 Å². The number of hydrogen-bond acceptors (Lipinski definition) is 6. The van der Waals surface area contributed by atoms with Gasteiger partial charge in [0.1, 0.15) is 11.5 Å². The summed E-state index contributed by atoms with van der Waals surface area (Å²) in [4.78, 5) is 27.7. The Kier molecular flexibility index (Phi) is 4.97. The molecule has 6 nitrogen and oxygen atoms in total. The van der Waals surface area contributed by atoms with Crippen LogP contribution in [-0.2, 0) is 14.3 Å². The number of amides is 1. The Balaban J connectivity index is 1.92. The number of anilines is 1. The predicted molar refractivity (Wildman–Crippen MR) is 76.3 cm³/mol. The van der Waals surface area contributed by atoms with E-state index in [1.165, 1.54) is 25.6 Å². The van der Waals surface area contributed by atoms with Crippen LogP contribution in [0.15, 0.2) is 12.1 Å². The van der Waals surface area contributed by atoms with E-state index in [0.29, 0.717) is 18.0 Å². The first-order chi connectivity index (χ1) is 9.65. The van der Waals surface area contributed by atoms with Crippen LogP contribution in [0.25, 0.3) is 0 Å². The lowest BCUT2D eigenvalue weighted by Crippen LogP contribution is -2.49. The fourth-order valence-corrected chi connectivity index (χ4v) is 3.07. The van der Waals surface area contributed by atoms with E-state index in [0.717, 1.165) is 18.1 Å². The molecule has 0 saturated carbocycles. The smallest absolute Gasteiger partial charge is 0.348 e. The first-order valence-electron chi connectivity index (χ1n) is 6.35. The summed E-state index contributed by atoms with van der Waals surface area (Å²) in [5, 5.41) is 1.03. The zero-order chi connectivity index (χ0) is 14.5. The molecular weight excluding hydrogens is 280 g/mol. The molecule has 20 heavy (non-hydrogen) atoms. The summed E-state index contributed by atoms with van der Waals surface area (Å²) in [6.07, 6.45) is 0. The lowest BCUT2D eigenvalue weighted by atomic mass is 10.3. The third kappa shape index (κ3) is 3.29. The number of nitrogens with zero attached hydrogens (tertiary/aromatic N) is 2. The number of carbonyl (C=O) groups excluding carboxylic acids is 2. The molecule has 0 unspecified atom stereocenters. The van der Waals surface area contributed by atoms with Gasteiger partial charge in [-0.25, -0.2) is 4.79 Å². The molecule has 0 bridgehead atoms. The van der Waals surface area contributed by atoms with Crippen molar-refractivity contribution < 1.29 is 19.1 Å². The monoisotopic (exact) mass is 298 g/mol. The summed E-state index contributed by atoms with van der Waals surface area (Å²) >= 11 is 1.42. The maximum Gasteiger partial charge on any atom is 0.348 e. The van der Waals surface area contributed by atoms with Gasteiger partial charge in [-0.1, -0.05) is 0 Å². The van der Waals surface area contributed by atoms with Gasteiger partial charge < -0.3 is 19.3 Å². The second-order valence-corrected chi connectivity index (χ2v) is 5.49. The van der Waals surface area contributed by atoms with Gasteiger partial charge >= 0.3 is 5.97 Å². The summed E-state index contributed by atoms with van der Waals surface area (Å²) in [5.74, 6) is -0.288. The summed E-state index contributed by atoms with van der Waals surface area (Å²) in [6, 6.07) is 3.69. The molecule has 7 heteroatoms. The molecule has 1 aromatic heterocycles. The lowest BCUT2D eigenvalue weighted by molar-refractivity contribution is -0.135. The minimum atomic E-state index is -0.310. The topological polar surface area (TPSA) is 59.1 Å². The van der Waals surface area contributed by atoms with Crippen LogP contribution >= 0.6 is 11.3 Å². The Morgan fingerprint density at radius 1 is 1.20 bits per heavy atom. The van der Waals surface area contributed by atoms with Crippen molar-refractivity contribution >= 4 is 28.2 Å². The maximum absolute atomic E-state index is 11.7. The van der Waals surface area contributed by atoms with Crippen molar-refractivity contribution in [2.75, 3.05) is 51.9 Å². The molecule has 0 atom stereocenters. The molecule has 1 aliphatic rings. The minimum absolute atomic E-state index is 0.0218. The molecule has 1 fully saturated rings. The SMILES string of the molecule is COCC(=O)N1CCN(c2ccc(C(=O)OC)s2)CC1. The molecular formula is C13H18N2O4S. The van der Waals surface area contributed by atoms with Gasteiger partial charge in [-0.3, -0.25) is 4.79 Å². The predicted octanol–water partition coefficient (Wildman–Crippen LogP) is 0.830. The fraction of sp³-hybridized carbons (Fsp3) is 0.538. The quantitative estimate of drug-likeness (QED) is 0.771. The molecule has 1 saturated heterocycles. The van der Waals surface area contributed by atoms with Gasteiger partial charge in [-0.05, 0) is 12.1 Å². The summed E-state index contributed by atoms with van der Waals surface area (Å²) in [7, 11) is 2.90. The Labute approximate surface area is 121 Å². The summed E-state index contributed by atoms with van der Waals surface area (Å²) in [6.45, 7) is 3.00. The number of thiophene rings is 1. The van der Waals surface area contributed by atoms with Crippen molar-refractivity contribution in [1.29, 1.82) is 0 Å². The number of rotatable bonds is 4. The second-order valence-electron chi connectivity index (χ2n) is 4.43. The highest BCUT2D eigenvalue weighted by Crippen LogP contribution is 2.27. The Hall–Kier alpha value is -1.60. The van der Waals surface area contributed by atoms with Gasteiger partial charge in [0.05, 0.1) is 12.1 Å². The number of methoxy groups -OCH3 is 2. The Morgan fingerprint density at radius 2 is 1.90 bits per heavy atom. The second kappa shape index (κ2) is 6.71. The molecule has 1 amide bonds. The van der Waals surface area contributed by atoms with E-state index in [1.807, 2.05) is 6.07 Å². The van der Waals surface area contributed by atoms with Crippen molar-refractivity contribution in [2.24, 2.45) is 0 Å². The first-order valence-corrected chi connectivity index (χ1v) is 7.17. The number of ether oxygens (including phenoxy) is 2. The molecule has 1 aromatic rings. The van der Waals surface area contributed by atoms with Gasteiger partial charge in [-0.15, -0.1) is 11.3 Å². The molecule has 2 rings (SSSR count). The van der Waals surface area contributed by atoms with Crippen LogP contribution in [0.1, 0.15) is 9.67 Å². The zero-order valence-electron chi connectivity index (χ0n) is 11.6. The van der Waals surface area contributed by atoms with Crippen LogP contribution in [0.3, 0.4) is 0 Å². The molecule has 110 valence electrons. The molecule has 0 aromatic carbocycles. The normalized spacial score (nSPS) is 15.3. The number of esters is 1. The zero-order valence-corrected chi connectivity index (χ0v) is 12.4. The number of piperazine rings is 1. The van der Waals surface area contributed by atoms with Gasteiger partial charge in [0, 0.05) is 33.3 Å². The van der Waals surface area contributed by atoms with Crippen LogP contribution in [0, 0.1) is 0 Å². The average Bonchev–Trinajstić information content (AvgIpc) is 2.96. The van der Waals surface area contributed by atoms with Crippen molar-refractivity contribution in [3.63, 3.8) is 0 Å². The van der Waals surface area contributed by atoms with Gasteiger partial charge in [0.2, 0.25) is 5.91 Å². The lowest BCUT2D eigenvalue weighted by Gasteiger charge is -2.35. The van der Waals surface area contributed by atoms with Gasteiger partial charge in [0.15, 0.2) is 0 Å². The molecule has 0 N–H and O–H groups in total. The summed E-state index contributed by atoms with van der Waals surface area (Å²) in [5.41, 5.74) is 0. The standard InChI is InChI=1S/C13H18N2O4S/c1-18-9-11(16)14-5-7-15(8-6-14)12-4-3-10(20-12)13(17)19-2/h3-4H,5-9H2,1-2H3. The highest BCUT2D eigenvalue weighted by atomic mass is 32.1. The van der Waals surface area contributed by atoms with E-state index in [1.54, 1.807) is 11.0 Å². The van der Waals surface area contributed by atoms with Crippen LogP contribution in [0.4, 0.5) is 5.00 Å². The largest absolute Gasteiger partial charge is 0.465 e. The van der Waals surface area contributed by atoms with E-state index in [9.17, 15) is 9.59 Å². The third-order valence-corrected chi connectivity index (χ3v) is 4.32. The average molecular weight is 298 g/mol. The van der Waals surface area contributed by atoms with Crippen LogP contribution in [-0.4, -0.2) is 63.8 Å². The van der Waals surface area contributed by atoms with Gasteiger partial charge in [0.25, 0.3) is 0 Å². The molecule has 0 spiro atoms. The third-order valence-electron chi connectivity index (χ3n) is 3.19. The van der Waals surface area contributed by atoms with Crippen molar-refractivity contribution in [2.45, 2.75) is 0 Å². The van der Waals surface area contributed by atoms with Crippen molar-refractivity contribution in [3.8, 4) is 0 Å². The number of carbonyl (C=O) groups is 2. The molecule has 2 heterocycles. The molecule has 1 aliphatic heterocycles. The van der Waals surface area contributed by atoms with E-state index >= 15 is 0 Å². The van der Waals surface area contributed by atoms with Crippen LogP contribution in [0.2, 0.25) is 0 Å². The van der Waals surface area contributed by atoms with E-state index in [4.69, 9.17) is 9.47 Å². The Morgan fingerprint density at radius 3 is 2.50 bits per heavy atom. The fourth-order valence-electron chi connectivity index (χ4n) is 2.10.